The van der Waals surface area contributed by atoms with Crippen LogP contribution >= 0.6 is 0 Å². The summed E-state index contributed by atoms with van der Waals surface area (Å²) in [5.41, 5.74) is 4.01. The molecule has 1 spiro atoms. The molecule has 2 saturated heterocycles. The molecule has 1 aromatic carbocycles. The zero-order chi connectivity index (χ0) is 26.7. The normalized spacial score (nSPS) is 20.2. The van der Waals surface area contributed by atoms with Gasteiger partial charge in [-0.15, -0.1) is 5.10 Å². The van der Waals surface area contributed by atoms with Gasteiger partial charge in [0.15, 0.2) is 5.65 Å². The SMILES string of the molecule is CCc1cc(N2CCOCC2)nn2c(Cc3cccc(C(F)(F)F)c3C)c(CN3CC4(CC(O)C4)C3)nc12. The summed E-state index contributed by atoms with van der Waals surface area (Å²) < 4.78 is 48.5. The van der Waals surface area contributed by atoms with Gasteiger partial charge in [0.2, 0.25) is 0 Å². The van der Waals surface area contributed by atoms with E-state index in [0.717, 1.165) is 79.9 Å². The quantitative estimate of drug-likeness (QED) is 0.521. The number of imidazole rings is 1. The van der Waals surface area contributed by atoms with Crippen molar-refractivity contribution in [2.75, 3.05) is 44.3 Å². The van der Waals surface area contributed by atoms with E-state index in [1.54, 1.807) is 13.0 Å². The Morgan fingerprint density at radius 3 is 2.53 bits per heavy atom. The van der Waals surface area contributed by atoms with Crippen LogP contribution in [0.5, 0.6) is 0 Å². The van der Waals surface area contributed by atoms with Crippen LogP contribution in [0.2, 0.25) is 0 Å². The van der Waals surface area contributed by atoms with Crippen molar-refractivity contribution >= 4 is 11.5 Å². The topological polar surface area (TPSA) is 66.1 Å². The van der Waals surface area contributed by atoms with Crippen LogP contribution in [0.1, 0.15) is 53.4 Å². The van der Waals surface area contributed by atoms with Gasteiger partial charge in [-0.05, 0) is 49.4 Å². The fourth-order valence-corrected chi connectivity index (χ4v) is 6.45. The largest absolute Gasteiger partial charge is 0.416 e. The maximum absolute atomic E-state index is 13.7. The second-order valence-corrected chi connectivity index (χ2v) is 11.2. The van der Waals surface area contributed by atoms with Crippen molar-refractivity contribution < 1.29 is 23.0 Å². The second kappa shape index (κ2) is 9.50. The first-order chi connectivity index (χ1) is 18.2. The van der Waals surface area contributed by atoms with Gasteiger partial charge in [-0.1, -0.05) is 19.1 Å². The highest BCUT2D eigenvalue weighted by Crippen LogP contribution is 2.48. The molecule has 1 saturated carbocycles. The molecule has 0 atom stereocenters. The molecule has 2 aliphatic heterocycles. The summed E-state index contributed by atoms with van der Waals surface area (Å²) in [5, 5.41) is 14.8. The number of aromatic nitrogens is 3. The number of anilines is 1. The van der Waals surface area contributed by atoms with Gasteiger partial charge in [-0.2, -0.15) is 13.2 Å². The third-order valence-electron chi connectivity index (χ3n) is 8.48. The summed E-state index contributed by atoms with van der Waals surface area (Å²) in [6, 6.07) is 6.49. The number of rotatable bonds is 6. The van der Waals surface area contributed by atoms with E-state index in [1.165, 1.54) is 6.07 Å². The summed E-state index contributed by atoms with van der Waals surface area (Å²) in [7, 11) is 0. The van der Waals surface area contributed by atoms with Gasteiger partial charge >= 0.3 is 6.18 Å². The third-order valence-corrected chi connectivity index (χ3v) is 8.48. The molecular formula is C28H34F3N5O2. The Balaban J connectivity index is 1.41. The number of fused-ring (bicyclic) bond motifs is 1. The highest BCUT2D eigenvalue weighted by molar-refractivity contribution is 5.56. The number of nitrogens with zero attached hydrogens (tertiary/aromatic N) is 5. The number of hydrogen-bond donors (Lipinski definition) is 1. The third kappa shape index (κ3) is 4.56. The predicted octanol–water partition coefficient (Wildman–Crippen LogP) is 4.00. The molecule has 38 heavy (non-hydrogen) atoms. The number of benzene rings is 1. The molecule has 1 N–H and O–H groups in total. The number of aryl methyl sites for hydroxylation is 1. The Labute approximate surface area is 220 Å². The van der Waals surface area contributed by atoms with Crippen LogP contribution in [-0.2, 0) is 30.3 Å². The average Bonchev–Trinajstić information content (AvgIpc) is 3.19. The molecule has 0 bridgehead atoms. The first-order valence-electron chi connectivity index (χ1n) is 13.4. The second-order valence-electron chi connectivity index (χ2n) is 11.2. The average molecular weight is 530 g/mol. The fraction of sp³-hybridized carbons (Fsp3) is 0.571. The fourth-order valence-electron chi connectivity index (χ4n) is 6.45. The number of hydrogen-bond acceptors (Lipinski definition) is 6. The Kier molecular flexibility index (Phi) is 6.39. The number of aliphatic hydroxyl groups is 1. The van der Waals surface area contributed by atoms with Gasteiger partial charge in [0.05, 0.1) is 36.3 Å². The summed E-state index contributed by atoms with van der Waals surface area (Å²) in [5.74, 6) is 0.843. The summed E-state index contributed by atoms with van der Waals surface area (Å²) in [6.07, 6.45) is -1.83. The first kappa shape index (κ1) is 25.6. The van der Waals surface area contributed by atoms with Gasteiger partial charge in [-0.25, -0.2) is 9.50 Å². The molecule has 7 nitrogen and oxygen atoms in total. The molecule has 3 aromatic rings. The summed E-state index contributed by atoms with van der Waals surface area (Å²) in [6.45, 7) is 8.83. The number of ether oxygens (including phenoxy) is 1. The highest BCUT2D eigenvalue weighted by atomic mass is 19.4. The number of halogens is 3. The van der Waals surface area contributed by atoms with Gasteiger partial charge < -0.3 is 14.7 Å². The maximum Gasteiger partial charge on any atom is 0.416 e. The van der Waals surface area contributed by atoms with Crippen molar-refractivity contribution in [3.63, 3.8) is 0 Å². The van der Waals surface area contributed by atoms with E-state index in [4.69, 9.17) is 14.8 Å². The summed E-state index contributed by atoms with van der Waals surface area (Å²) in [4.78, 5) is 9.56. The molecule has 1 aliphatic carbocycles. The standard InChI is InChI=1S/C28H34F3N5O2/c1-3-19-12-25(35-7-9-38-10-8-35)33-36-24(11-20-5-4-6-22(18(20)2)28(29,30)31)23(32-26(19)36)15-34-16-27(17-34)13-21(37)14-27/h4-6,12,21,37H,3,7-11,13-17H2,1-2H3. The van der Waals surface area contributed by atoms with Crippen LogP contribution in [0.4, 0.5) is 19.0 Å². The van der Waals surface area contributed by atoms with Crippen LogP contribution in [0.3, 0.4) is 0 Å². The van der Waals surface area contributed by atoms with Crippen LogP contribution in [-0.4, -0.2) is 70.1 Å². The molecular weight excluding hydrogens is 495 g/mol. The van der Waals surface area contributed by atoms with Crippen LogP contribution in [0, 0.1) is 12.3 Å². The van der Waals surface area contributed by atoms with Crippen LogP contribution in [0.15, 0.2) is 24.3 Å². The Bertz CT molecular complexity index is 1330. The van der Waals surface area contributed by atoms with Gasteiger partial charge in [0.1, 0.15) is 5.82 Å². The lowest BCUT2D eigenvalue weighted by Crippen LogP contribution is -2.63. The minimum absolute atomic E-state index is 0.193. The zero-order valence-corrected chi connectivity index (χ0v) is 21.9. The van der Waals surface area contributed by atoms with Gasteiger partial charge in [0.25, 0.3) is 0 Å². The predicted molar refractivity (Wildman–Crippen MR) is 137 cm³/mol. The van der Waals surface area contributed by atoms with E-state index in [1.807, 2.05) is 4.52 Å². The smallest absolute Gasteiger partial charge is 0.393 e. The van der Waals surface area contributed by atoms with E-state index in [0.29, 0.717) is 31.7 Å². The van der Waals surface area contributed by atoms with Crippen molar-refractivity contribution in [1.29, 1.82) is 0 Å². The molecule has 6 rings (SSSR count). The molecule has 3 aliphatic rings. The maximum atomic E-state index is 13.7. The molecule has 4 heterocycles. The Morgan fingerprint density at radius 1 is 1.13 bits per heavy atom. The lowest BCUT2D eigenvalue weighted by molar-refractivity contribution is -0.138. The Morgan fingerprint density at radius 2 is 1.87 bits per heavy atom. The molecule has 0 unspecified atom stereocenters. The molecule has 3 fully saturated rings. The molecule has 2 aromatic heterocycles. The first-order valence-corrected chi connectivity index (χ1v) is 13.4. The zero-order valence-electron chi connectivity index (χ0n) is 21.9. The minimum atomic E-state index is -4.40. The lowest BCUT2D eigenvalue weighted by atomic mass is 9.62. The lowest BCUT2D eigenvalue weighted by Gasteiger charge is -2.57. The van der Waals surface area contributed by atoms with Crippen LogP contribution < -0.4 is 4.90 Å². The van der Waals surface area contributed by atoms with E-state index in [-0.39, 0.29) is 17.1 Å². The van der Waals surface area contributed by atoms with Gasteiger partial charge in [0, 0.05) is 50.1 Å². The van der Waals surface area contributed by atoms with Crippen molar-refractivity contribution in [2.24, 2.45) is 5.41 Å². The van der Waals surface area contributed by atoms with Crippen molar-refractivity contribution in [1.82, 2.24) is 19.5 Å². The van der Waals surface area contributed by atoms with Crippen molar-refractivity contribution in [2.45, 2.75) is 58.4 Å². The van der Waals surface area contributed by atoms with E-state index >= 15 is 0 Å². The number of aliphatic hydroxyl groups excluding tert-OH is 1. The van der Waals surface area contributed by atoms with E-state index in [2.05, 4.69) is 22.8 Å². The highest BCUT2D eigenvalue weighted by Gasteiger charge is 2.51. The van der Waals surface area contributed by atoms with E-state index in [9.17, 15) is 18.3 Å². The molecule has 10 heteroatoms. The summed E-state index contributed by atoms with van der Waals surface area (Å²) >= 11 is 0. The van der Waals surface area contributed by atoms with Gasteiger partial charge in [-0.3, -0.25) is 4.90 Å². The van der Waals surface area contributed by atoms with Crippen LogP contribution in [0.25, 0.3) is 5.65 Å². The monoisotopic (exact) mass is 529 g/mol. The van der Waals surface area contributed by atoms with Crippen molar-refractivity contribution in [3.05, 3.63) is 57.9 Å². The molecule has 0 radical (unpaired) electrons. The van der Waals surface area contributed by atoms with E-state index < -0.39 is 11.7 Å². The molecule has 0 amide bonds. The number of likely N-dealkylation sites (tertiary alicyclic amines) is 1. The molecule has 204 valence electrons. The minimum Gasteiger partial charge on any atom is -0.393 e. The Hall–Kier alpha value is -2.69. The van der Waals surface area contributed by atoms with Crippen molar-refractivity contribution in [3.8, 4) is 0 Å². The number of alkyl halides is 3. The number of morpholine rings is 1.